The van der Waals surface area contributed by atoms with Crippen molar-refractivity contribution in [3.63, 3.8) is 0 Å². The molecule has 0 aliphatic carbocycles. The molecule has 31 heavy (non-hydrogen) atoms. The Bertz CT molecular complexity index is 680. The van der Waals surface area contributed by atoms with E-state index in [0.717, 1.165) is 12.6 Å². The van der Waals surface area contributed by atoms with Gasteiger partial charge in [0.25, 0.3) is 0 Å². The van der Waals surface area contributed by atoms with Crippen molar-refractivity contribution in [3.8, 4) is 0 Å². The van der Waals surface area contributed by atoms with Gasteiger partial charge < -0.3 is 9.80 Å². The summed E-state index contributed by atoms with van der Waals surface area (Å²) >= 11 is 0. The normalized spacial score (nSPS) is 16.0. The van der Waals surface area contributed by atoms with Gasteiger partial charge in [0.05, 0.1) is 11.4 Å². The topological polar surface area (TPSA) is 6.48 Å². The van der Waals surface area contributed by atoms with Gasteiger partial charge in [-0.05, 0) is 57.7 Å². The molecule has 1 aromatic carbocycles. The second-order valence-corrected chi connectivity index (χ2v) is 20.8. The number of anilines is 2. The molecule has 1 aromatic rings. The van der Waals surface area contributed by atoms with Gasteiger partial charge in [-0.3, -0.25) is 0 Å². The lowest BCUT2D eigenvalue weighted by atomic mass is 10.1. The van der Waals surface area contributed by atoms with Crippen molar-refractivity contribution < 1.29 is 0 Å². The van der Waals surface area contributed by atoms with Crippen LogP contribution in [0.1, 0.15) is 94.2 Å². The summed E-state index contributed by atoms with van der Waals surface area (Å²) in [5.74, 6) is 0. The first-order valence-electron chi connectivity index (χ1n) is 11.7. The molecule has 0 bridgehead atoms. The Morgan fingerprint density at radius 2 is 0.839 bits per heavy atom. The van der Waals surface area contributed by atoms with Crippen molar-refractivity contribution in [2.24, 2.45) is 0 Å². The van der Waals surface area contributed by atoms with Gasteiger partial charge in [-0.1, -0.05) is 98.9 Å². The summed E-state index contributed by atoms with van der Waals surface area (Å²) < 4.78 is 0. The largest absolute Gasteiger partial charge is 0.335 e. The molecule has 0 atom stereocenters. The highest BCUT2D eigenvalue weighted by molar-refractivity contribution is 7.61. The number of rotatable bonds is 4. The first kappa shape index (κ1) is 26.9. The molecule has 0 saturated heterocycles. The molecular weight excluding hydrogens is 414 g/mol. The number of nitrogens with zero attached hydrogens (tertiary/aromatic N) is 2. The molecule has 0 spiro atoms. The number of fused-ring (bicyclic) bond motifs is 1. The second-order valence-electron chi connectivity index (χ2n) is 13.2. The van der Waals surface area contributed by atoms with Gasteiger partial charge in [0.1, 0.15) is 0 Å². The maximum Gasteiger partial charge on any atom is 0.209 e. The monoisotopic (exact) mass is 462 g/mol. The van der Waals surface area contributed by atoms with Crippen molar-refractivity contribution in [3.05, 3.63) is 29.9 Å². The summed E-state index contributed by atoms with van der Waals surface area (Å²) in [5, 5.41) is 1.19. The van der Waals surface area contributed by atoms with E-state index in [1.165, 1.54) is 22.5 Å². The molecule has 0 N–H and O–H groups in total. The van der Waals surface area contributed by atoms with E-state index in [1.807, 2.05) is 0 Å². The second kappa shape index (κ2) is 8.80. The number of benzene rings is 1. The predicted octanol–water partition coefficient (Wildman–Crippen LogP) is 9.00. The molecule has 0 unspecified atom stereocenters. The van der Waals surface area contributed by atoms with E-state index in [-0.39, 0.29) is 15.8 Å². The van der Waals surface area contributed by atoms with Crippen LogP contribution in [-0.2, 0) is 0 Å². The summed E-state index contributed by atoms with van der Waals surface area (Å²) in [4.78, 5) is 4.92. The van der Waals surface area contributed by atoms with Crippen molar-refractivity contribution in [2.75, 3.05) is 22.4 Å². The maximum atomic E-state index is 3.86. The zero-order valence-electron chi connectivity index (χ0n) is 22.9. The van der Waals surface area contributed by atoms with Crippen LogP contribution in [0.2, 0.25) is 0 Å². The standard InChI is InChI=1S/C27H48N2P2/c1-20-15-22-23(16-21(20)2)29(19-31(26(9,10)11)27(12,13)14)17-28(22)18-30(24(3,4)5)25(6,7)8/h15-16H,18-19H2,1-14H3. The van der Waals surface area contributed by atoms with Gasteiger partial charge in [-0.25, -0.2) is 0 Å². The lowest BCUT2D eigenvalue weighted by Gasteiger charge is -2.44. The minimum absolute atomic E-state index is 0.238. The fourth-order valence-electron chi connectivity index (χ4n) is 4.83. The molecular formula is C27H48N2P2. The summed E-state index contributed by atoms with van der Waals surface area (Å²) in [6.07, 6.45) is 2.13. The molecule has 0 amide bonds. The lowest BCUT2D eigenvalue weighted by Crippen LogP contribution is -2.36. The van der Waals surface area contributed by atoms with Crippen LogP contribution in [0.3, 0.4) is 0 Å². The highest BCUT2D eigenvalue weighted by Crippen LogP contribution is 2.63. The van der Waals surface area contributed by atoms with Crippen LogP contribution in [0.4, 0.5) is 11.4 Å². The molecule has 2 rings (SSSR count). The van der Waals surface area contributed by atoms with Crippen LogP contribution < -0.4 is 9.80 Å². The lowest BCUT2D eigenvalue weighted by molar-refractivity contribution is 0.698. The van der Waals surface area contributed by atoms with E-state index in [4.69, 9.17) is 0 Å². The third kappa shape index (κ3) is 6.38. The van der Waals surface area contributed by atoms with Crippen molar-refractivity contribution in [1.29, 1.82) is 0 Å². The molecule has 1 aliphatic rings. The van der Waals surface area contributed by atoms with Gasteiger partial charge >= 0.3 is 0 Å². The summed E-state index contributed by atoms with van der Waals surface area (Å²) in [6.45, 7) is 37.3. The fourth-order valence-corrected chi connectivity index (χ4v) is 11.5. The Hall–Kier alpha value is -0.320. The van der Waals surface area contributed by atoms with Crippen LogP contribution in [-0.4, -0.2) is 33.2 Å². The minimum Gasteiger partial charge on any atom is -0.335 e. The Morgan fingerprint density at radius 1 is 0.581 bits per heavy atom. The quantitative estimate of drug-likeness (QED) is 0.412. The highest BCUT2D eigenvalue weighted by atomic mass is 31.1. The molecule has 176 valence electrons. The smallest absolute Gasteiger partial charge is 0.209 e. The SMILES string of the molecule is Cc1cc2c(cc1C)N(CP(C(C)(C)C)C(C)(C)C)[C]N2CP(C(C)(C)C)C(C)(C)C. The van der Waals surface area contributed by atoms with E-state index in [2.05, 4.69) is 126 Å². The van der Waals surface area contributed by atoms with E-state index < -0.39 is 0 Å². The molecule has 4 heteroatoms. The van der Waals surface area contributed by atoms with E-state index in [0.29, 0.717) is 20.6 Å². The predicted molar refractivity (Wildman–Crippen MR) is 147 cm³/mol. The summed E-state index contributed by atoms with van der Waals surface area (Å²) in [7, 11) is -0.476. The van der Waals surface area contributed by atoms with Crippen LogP contribution >= 0.6 is 15.8 Å². The number of hydrogen-bond acceptors (Lipinski definition) is 2. The Labute approximate surface area is 197 Å². The van der Waals surface area contributed by atoms with Gasteiger partial charge in [0.2, 0.25) is 6.67 Å². The molecule has 1 aliphatic heterocycles. The van der Waals surface area contributed by atoms with Crippen LogP contribution in [0.25, 0.3) is 0 Å². The summed E-state index contributed by atoms with van der Waals surface area (Å²) in [6, 6.07) is 4.79. The molecule has 0 aromatic heterocycles. The van der Waals surface area contributed by atoms with E-state index in [1.54, 1.807) is 0 Å². The van der Waals surface area contributed by atoms with Crippen LogP contribution in [0, 0.1) is 20.5 Å². The van der Waals surface area contributed by atoms with Crippen LogP contribution in [0.15, 0.2) is 12.1 Å². The molecule has 0 saturated carbocycles. The number of aryl methyl sites for hydroxylation is 2. The third-order valence-corrected chi connectivity index (χ3v) is 13.8. The maximum absolute atomic E-state index is 3.86. The zero-order chi connectivity index (χ0) is 24.2. The van der Waals surface area contributed by atoms with E-state index >= 15 is 0 Å². The number of hydrogen-bond donors (Lipinski definition) is 0. The zero-order valence-corrected chi connectivity index (χ0v) is 24.6. The van der Waals surface area contributed by atoms with Gasteiger partial charge in [-0.15, -0.1) is 0 Å². The van der Waals surface area contributed by atoms with E-state index in [9.17, 15) is 0 Å². The van der Waals surface area contributed by atoms with Crippen molar-refractivity contribution in [1.82, 2.24) is 0 Å². The molecule has 0 fully saturated rings. The summed E-state index contributed by atoms with van der Waals surface area (Å²) in [5.41, 5.74) is 5.44. The molecule has 2 radical (unpaired) electrons. The van der Waals surface area contributed by atoms with Crippen LogP contribution in [0.5, 0.6) is 0 Å². The fraction of sp³-hybridized carbons (Fsp3) is 0.741. The Kier molecular flexibility index (Phi) is 7.64. The Morgan fingerprint density at radius 3 is 1.06 bits per heavy atom. The minimum atomic E-state index is -0.238. The molecule has 2 nitrogen and oxygen atoms in total. The first-order chi connectivity index (χ1) is 13.7. The van der Waals surface area contributed by atoms with Gasteiger partial charge in [0.15, 0.2) is 0 Å². The first-order valence-corrected chi connectivity index (χ1v) is 14.8. The van der Waals surface area contributed by atoms with Crippen molar-refractivity contribution >= 4 is 27.2 Å². The average molecular weight is 463 g/mol. The highest BCUT2D eigenvalue weighted by Gasteiger charge is 2.41. The molecule has 1 heterocycles. The average Bonchev–Trinajstić information content (AvgIpc) is 2.83. The van der Waals surface area contributed by atoms with Gasteiger partial charge in [-0.2, -0.15) is 0 Å². The van der Waals surface area contributed by atoms with Gasteiger partial charge in [0, 0.05) is 12.6 Å². The van der Waals surface area contributed by atoms with Crippen molar-refractivity contribution in [2.45, 2.75) is 118 Å². The Balaban J connectivity index is 2.47. The third-order valence-electron chi connectivity index (χ3n) is 6.22.